The molecule has 0 bridgehead atoms. The van der Waals surface area contributed by atoms with Crippen molar-refractivity contribution in [1.82, 2.24) is 4.31 Å². The van der Waals surface area contributed by atoms with Crippen LogP contribution in [0.15, 0.2) is 23.1 Å². The van der Waals surface area contributed by atoms with Gasteiger partial charge in [-0.15, -0.1) is 12.4 Å². The second-order valence-electron chi connectivity index (χ2n) is 6.64. The Kier molecular flexibility index (Phi) is 8.04. The summed E-state index contributed by atoms with van der Waals surface area (Å²) in [7, 11) is -2.07. The van der Waals surface area contributed by atoms with Crippen LogP contribution in [0.2, 0.25) is 0 Å². The molecule has 0 aliphatic carbocycles. The summed E-state index contributed by atoms with van der Waals surface area (Å²) in [4.78, 5) is 12.5. The van der Waals surface area contributed by atoms with Crippen molar-refractivity contribution >= 4 is 34.0 Å². The van der Waals surface area contributed by atoms with Crippen molar-refractivity contribution < 1.29 is 17.9 Å². The van der Waals surface area contributed by atoms with Crippen molar-refractivity contribution in [1.29, 1.82) is 0 Å². The quantitative estimate of drug-likeness (QED) is 0.752. The van der Waals surface area contributed by atoms with Crippen LogP contribution in [0.1, 0.15) is 32.3 Å². The third-order valence-corrected chi connectivity index (χ3v) is 6.56. The lowest BCUT2D eigenvalue weighted by molar-refractivity contribution is -0.126. The van der Waals surface area contributed by atoms with Gasteiger partial charge >= 0.3 is 0 Å². The molecule has 2 atom stereocenters. The van der Waals surface area contributed by atoms with E-state index in [4.69, 9.17) is 10.5 Å². The van der Waals surface area contributed by atoms with Gasteiger partial charge in [-0.1, -0.05) is 6.07 Å². The molecule has 1 aromatic carbocycles. The van der Waals surface area contributed by atoms with Crippen LogP contribution in [-0.2, 0) is 19.6 Å². The highest BCUT2D eigenvalue weighted by Crippen LogP contribution is 2.25. The number of sulfonamides is 1. The molecule has 0 radical (unpaired) electrons. The molecule has 148 valence electrons. The first-order valence-corrected chi connectivity index (χ1v) is 9.86. The molecule has 1 heterocycles. The lowest BCUT2D eigenvalue weighted by Crippen LogP contribution is -2.33. The van der Waals surface area contributed by atoms with Crippen LogP contribution in [0.5, 0.6) is 0 Å². The molecule has 3 N–H and O–H groups in total. The standard InChI is InChI=1S/C17H27N3O4S.ClH/c1-11(2)20(4)25(22,23)14-7-5-12(3)15(9-14)19-17(21)16-8-6-13(10-18)24-16;/h5,7,9,11,13,16H,6,8,10,18H2,1-4H3,(H,19,21);1H/t13-,16+;/m1./s1. The number of hydrogen-bond donors (Lipinski definition) is 2. The molecular weight excluding hydrogens is 378 g/mol. The first-order valence-electron chi connectivity index (χ1n) is 8.42. The minimum Gasteiger partial charge on any atom is -0.364 e. The summed E-state index contributed by atoms with van der Waals surface area (Å²) in [5.41, 5.74) is 6.83. The lowest BCUT2D eigenvalue weighted by atomic mass is 10.1. The number of aryl methyl sites for hydroxylation is 1. The van der Waals surface area contributed by atoms with E-state index >= 15 is 0 Å². The molecule has 1 saturated heterocycles. The Bertz CT molecular complexity index is 740. The summed E-state index contributed by atoms with van der Waals surface area (Å²) >= 11 is 0. The number of carbonyl (C=O) groups excluding carboxylic acids is 1. The summed E-state index contributed by atoms with van der Waals surface area (Å²) in [6.45, 7) is 5.81. The van der Waals surface area contributed by atoms with Crippen LogP contribution < -0.4 is 11.1 Å². The van der Waals surface area contributed by atoms with Gasteiger partial charge in [0.25, 0.3) is 5.91 Å². The SMILES string of the molecule is Cc1ccc(S(=O)(=O)N(C)C(C)C)cc1NC(=O)[C@@H]1CC[C@H](CN)O1.Cl. The third-order valence-electron chi connectivity index (χ3n) is 4.53. The lowest BCUT2D eigenvalue weighted by Gasteiger charge is -2.22. The highest BCUT2D eigenvalue weighted by atomic mass is 35.5. The van der Waals surface area contributed by atoms with E-state index in [9.17, 15) is 13.2 Å². The Morgan fingerprint density at radius 1 is 1.38 bits per heavy atom. The Balaban J connectivity index is 0.00000338. The minimum absolute atomic E-state index is 0. The molecule has 0 unspecified atom stereocenters. The van der Waals surface area contributed by atoms with Crippen LogP contribution in [0.25, 0.3) is 0 Å². The van der Waals surface area contributed by atoms with Gasteiger partial charge in [-0.05, 0) is 51.3 Å². The van der Waals surface area contributed by atoms with Gasteiger partial charge < -0.3 is 15.8 Å². The predicted octanol–water partition coefficient (Wildman–Crippen LogP) is 1.89. The number of halogens is 1. The zero-order valence-corrected chi connectivity index (χ0v) is 17.2. The van der Waals surface area contributed by atoms with E-state index in [0.29, 0.717) is 18.7 Å². The highest BCUT2D eigenvalue weighted by molar-refractivity contribution is 7.89. The number of nitrogens with one attached hydrogen (secondary N) is 1. The van der Waals surface area contributed by atoms with Gasteiger partial charge in [0.2, 0.25) is 10.0 Å². The molecule has 1 fully saturated rings. The average molecular weight is 406 g/mol. The molecule has 1 aliphatic heterocycles. The largest absolute Gasteiger partial charge is 0.364 e. The van der Waals surface area contributed by atoms with Crippen LogP contribution in [0.3, 0.4) is 0 Å². The van der Waals surface area contributed by atoms with Crippen molar-refractivity contribution in [2.45, 2.75) is 56.8 Å². The Morgan fingerprint density at radius 2 is 2.04 bits per heavy atom. The molecule has 0 spiro atoms. The fourth-order valence-corrected chi connectivity index (χ4v) is 4.02. The van der Waals surface area contributed by atoms with E-state index in [-0.39, 0.29) is 35.4 Å². The number of anilines is 1. The van der Waals surface area contributed by atoms with Crippen LogP contribution >= 0.6 is 12.4 Å². The summed E-state index contributed by atoms with van der Waals surface area (Å²) in [6.07, 6.45) is 0.719. The maximum absolute atomic E-state index is 12.6. The topological polar surface area (TPSA) is 102 Å². The van der Waals surface area contributed by atoms with Gasteiger partial charge in [0.05, 0.1) is 11.0 Å². The van der Waals surface area contributed by atoms with Gasteiger partial charge in [0.1, 0.15) is 6.10 Å². The van der Waals surface area contributed by atoms with E-state index in [1.165, 1.54) is 17.4 Å². The van der Waals surface area contributed by atoms with Crippen LogP contribution in [-0.4, -0.2) is 50.5 Å². The average Bonchev–Trinajstić information content (AvgIpc) is 3.05. The zero-order chi connectivity index (χ0) is 18.8. The van der Waals surface area contributed by atoms with Crippen LogP contribution in [0.4, 0.5) is 5.69 Å². The van der Waals surface area contributed by atoms with Gasteiger partial charge in [-0.3, -0.25) is 4.79 Å². The molecule has 26 heavy (non-hydrogen) atoms. The zero-order valence-electron chi connectivity index (χ0n) is 15.6. The molecule has 2 rings (SSSR count). The van der Waals surface area contributed by atoms with E-state index in [2.05, 4.69) is 5.32 Å². The molecule has 0 saturated carbocycles. The summed E-state index contributed by atoms with van der Waals surface area (Å²) in [5.74, 6) is -0.272. The van der Waals surface area contributed by atoms with Crippen molar-refractivity contribution in [3.8, 4) is 0 Å². The minimum atomic E-state index is -3.61. The fourth-order valence-electron chi connectivity index (χ4n) is 2.63. The molecule has 1 aliphatic rings. The first kappa shape index (κ1) is 22.9. The smallest absolute Gasteiger partial charge is 0.253 e. The number of nitrogens with two attached hydrogens (primary N) is 1. The summed E-state index contributed by atoms with van der Waals surface area (Å²) in [5, 5.41) is 2.79. The second-order valence-corrected chi connectivity index (χ2v) is 8.64. The Morgan fingerprint density at radius 3 is 2.58 bits per heavy atom. The number of hydrogen-bond acceptors (Lipinski definition) is 5. The molecule has 7 nitrogen and oxygen atoms in total. The Labute approximate surface area is 161 Å². The fraction of sp³-hybridized carbons (Fsp3) is 0.588. The van der Waals surface area contributed by atoms with Gasteiger partial charge in [-0.25, -0.2) is 8.42 Å². The molecule has 1 amide bonds. The van der Waals surface area contributed by atoms with Gasteiger partial charge in [0.15, 0.2) is 0 Å². The van der Waals surface area contributed by atoms with Crippen molar-refractivity contribution in [2.24, 2.45) is 5.73 Å². The molecule has 9 heteroatoms. The second kappa shape index (κ2) is 9.14. The van der Waals surface area contributed by atoms with Crippen molar-refractivity contribution in [3.63, 3.8) is 0 Å². The molecular formula is C17H28ClN3O4S. The van der Waals surface area contributed by atoms with Crippen molar-refractivity contribution in [2.75, 3.05) is 18.9 Å². The Hall–Kier alpha value is -1.19. The van der Waals surface area contributed by atoms with Gasteiger partial charge in [-0.2, -0.15) is 4.31 Å². The highest BCUT2D eigenvalue weighted by Gasteiger charge is 2.30. The maximum atomic E-state index is 12.6. The molecule has 0 aromatic heterocycles. The summed E-state index contributed by atoms with van der Waals surface area (Å²) < 4.78 is 32.2. The van der Waals surface area contributed by atoms with E-state index in [1.54, 1.807) is 26.0 Å². The summed E-state index contributed by atoms with van der Waals surface area (Å²) in [6, 6.07) is 4.57. The molecule has 1 aromatic rings. The van der Waals surface area contributed by atoms with E-state index < -0.39 is 16.1 Å². The van der Waals surface area contributed by atoms with Crippen molar-refractivity contribution in [3.05, 3.63) is 23.8 Å². The number of benzene rings is 1. The van der Waals surface area contributed by atoms with E-state index in [0.717, 1.165) is 12.0 Å². The normalized spacial score (nSPS) is 20.3. The number of nitrogens with zero attached hydrogens (tertiary/aromatic N) is 1. The van der Waals surface area contributed by atoms with Gasteiger partial charge in [0, 0.05) is 25.3 Å². The third kappa shape index (κ3) is 4.95. The monoisotopic (exact) mass is 405 g/mol. The van der Waals surface area contributed by atoms with E-state index in [1.807, 2.05) is 6.92 Å². The number of amides is 1. The first-order chi connectivity index (χ1) is 11.7. The van der Waals surface area contributed by atoms with Crippen LogP contribution in [0, 0.1) is 6.92 Å². The predicted molar refractivity (Wildman–Crippen MR) is 104 cm³/mol. The number of carbonyl (C=O) groups is 1. The number of rotatable bonds is 6. The maximum Gasteiger partial charge on any atom is 0.253 e. The number of ether oxygens (including phenoxy) is 1.